The Morgan fingerprint density at radius 3 is 2.19 bits per heavy atom. The van der Waals surface area contributed by atoms with Gasteiger partial charge < -0.3 is 10.2 Å². The number of hydrogen-bond donors (Lipinski definition) is 1. The molecule has 0 bridgehead atoms. The number of carbonyl (C=O) groups is 2. The van der Waals surface area contributed by atoms with E-state index < -0.39 is 28.5 Å². The molecule has 3 aromatic rings. The van der Waals surface area contributed by atoms with E-state index in [4.69, 9.17) is 11.6 Å². The molecule has 3 aromatic carbocycles. The van der Waals surface area contributed by atoms with E-state index in [2.05, 4.69) is 5.32 Å². The third-order valence-corrected chi connectivity index (χ3v) is 9.15. The van der Waals surface area contributed by atoms with Crippen molar-refractivity contribution in [1.82, 2.24) is 10.2 Å². The second-order valence-electron chi connectivity index (χ2n) is 11.0. The second kappa shape index (κ2) is 14.7. The summed E-state index contributed by atoms with van der Waals surface area (Å²) in [5.74, 6) is -0.709. The van der Waals surface area contributed by atoms with Crippen molar-refractivity contribution in [1.29, 1.82) is 0 Å². The fraction of sp³-hybridized carbons (Fsp3) is 0.394. The first kappa shape index (κ1) is 31.6. The van der Waals surface area contributed by atoms with Crippen molar-refractivity contribution in [2.24, 2.45) is 0 Å². The number of anilines is 1. The van der Waals surface area contributed by atoms with Gasteiger partial charge in [-0.15, -0.1) is 0 Å². The quantitative estimate of drug-likeness (QED) is 0.283. The van der Waals surface area contributed by atoms with Crippen LogP contribution in [0.3, 0.4) is 0 Å². The van der Waals surface area contributed by atoms with Crippen LogP contribution in [0.4, 0.5) is 5.69 Å². The van der Waals surface area contributed by atoms with Gasteiger partial charge in [-0.1, -0.05) is 92.4 Å². The van der Waals surface area contributed by atoms with Crippen molar-refractivity contribution in [3.8, 4) is 0 Å². The minimum atomic E-state index is -3.81. The highest BCUT2D eigenvalue weighted by Crippen LogP contribution is 2.23. The summed E-state index contributed by atoms with van der Waals surface area (Å²) in [4.78, 5) is 29.7. The summed E-state index contributed by atoms with van der Waals surface area (Å²) in [5, 5.41) is 3.72. The predicted octanol–water partition coefficient (Wildman–Crippen LogP) is 5.76. The summed E-state index contributed by atoms with van der Waals surface area (Å²) in [6.45, 7) is 1.68. The Balaban J connectivity index is 1.71. The highest BCUT2D eigenvalue weighted by molar-refractivity contribution is 7.92. The number of benzene rings is 3. The molecule has 42 heavy (non-hydrogen) atoms. The molecule has 1 aliphatic carbocycles. The van der Waals surface area contributed by atoms with E-state index in [1.54, 1.807) is 30.3 Å². The van der Waals surface area contributed by atoms with Crippen LogP contribution < -0.4 is 9.62 Å². The van der Waals surface area contributed by atoms with Gasteiger partial charge in [-0.2, -0.15) is 0 Å². The molecular formula is C33H40ClN3O4S. The van der Waals surface area contributed by atoms with Crippen LogP contribution in [0.15, 0.2) is 78.9 Å². The SMILES string of the molecule is CCc1ccc(N(CC(=O)N(Cc2cccc(Cl)c2)C(Cc2ccccc2)C(=O)NC2CCCCC2)S(C)(=O)=O)cc1. The number of halogens is 1. The number of nitrogens with one attached hydrogen (secondary N) is 1. The summed E-state index contributed by atoms with van der Waals surface area (Å²) in [7, 11) is -3.81. The fourth-order valence-corrected chi connectivity index (χ4v) is 6.50. The Labute approximate surface area is 254 Å². The van der Waals surface area contributed by atoms with Crippen molar-refractivity contribution in [2.75, 3.05) is 17.1 Å². The van der Waals surface area contributed by atoms with E-state index in [0.29, 0.717) is 10.7 Å². The molecule has 0 heterocycles. The van der Waals surface area contributed by atoms with Gasteiger partial charge in [-0.05, 0) is 60.2 Å². The summed E-state index contributed by atoms with van der Waals surface area (Å²) in [6.07, 6.45) is 7.26. The molecule has 224 valence electrons. The molecule has 0 saturated heterocycles. The molecule has 1 N–H and O–H groups in total. The van der Waals surface area contributed by atoms with Crippen molar-refractivity contribution >= 4 is 39.1 Å². The monoisotopic (exact) mass is 609 g/mol. The lowest BCUT2D eigenvalue weighted by molar-refractivity contribution is -0.140. The van der Waals surface area contributed by atoms with E-state index in [0.717, 1.165) is 65.8 Å². The number of carbonyl (C=O) groups excluding carboxylic acids is 2. The van der Waals surface area contributed by atoms with Crippen LogP contribution >= 0.6 is 11.6 Å². The number of hydrogen-bond acceptors (Lipinski definition) is 4. The zero-order chi connectivity index (χ0) is 30.1. The molecule has 1 fully saturated rings. The van der Waals surface area contributed by atoms with Crippen LogP contribution in [0.5, 0.6) is 0 Å². The van der Waals surface area contributed by atoms with E-state index in [-0.39, 0.29) is 24.9 Å². The van der Waals surface area contributed by atoms with Crippen LogP contribution in [0, 0.1) is 0 Å². The topological polar surface area (TPSA) is 86.8 Å². The largest absolute Gasteiger partial charge is 0.352 e. The lowest BCUT2D eigenvalue weighted by Gasteiger charge is -2.35. The molecule has 1 unspecified atom stereocenters. The average Bonchev–Trinajstić information content (AvgIpc) is 2.98. The summed E-state index contributed by atoms with van der Waals surface area (Å²) < 4.78 is 27.0. The van der Waals surface area contributed by atoms with Crippen molar-refractivity contribution in [3.63, 3.8) is 0 Å². The molecule has 4 rings (SSSR count). The van der Waals surface area contributed by atoms with Gasteiger partial charge in [0.25, 0.3) is 0 Å². The Morgan fingerprint density at radius 1 is 0.905 bits per heavy atom. The second-order valence-corrected chi connectivity index (χ2v) is 13.3. The lowest BCUT2D eigenvalue weighted by Crippen LogP contribution is -2.55. The van der Waals surface area contributed by atoms with Crippen molar-refractivity contribution in [2.45, 2.75) is 70.5 Å². The normalized spacial score (nSPS) is 14.6. The van der Waals surface area contributed by atoms with E-state index in [9.17, 15) is 18.0 Å². The molecule has 0 spiro atoms. The van der Waals surface area contributed by atoms with Gasteiger partial charge in [0.2, 0.25) is 21.8 Å². The summed E-state index contributed by atoms with van der Waals surface area (Å²) >= 11 is 6.29. The predicted molar refractivity (Wildman–Crippen MR) is 169 cm³/mol. The summed E-state index contributed by atoms with van der Waals surface area (Å²) in [6, 6.07) is 23.1. The first-order chi connectivity index (χ1) is 20.1. The maximum atomic E-state index is 14.2. The number of rotatable bonds is 12. The van der Waals surface area contributed by atoms with Gasteiger partial charge in [0.15, 0.2) is 0 Å². The average molecular weight is 610 g/mol. The van der Waals surface area contributed by atoms with Crippen LogP contribution in [0.25, 0.3) is 0 Å². The number of aryl methyl sites for hydroxylation is 1. The number of sulfonamides is 1. The first-order valence-electron chi connectivity index (χ1n) is 14.6. The van der Waals surface area contributed by atoms with Gasteiger partial charge in [-0.3, -0.25) is 13.9 Å². The molecule has 7 nitrogen and oxygen atoms in total. The number of nitrogens with zero attached hydrogens (tertiary/aromatic N) is 2. The Morgan fingerprint density at radius 2 is 1.57 bits per heavy atom. The Hall–Kier alpha value is -3.36. The van der Waals surface area contributed by atoms with E-state index in [1.807, 2.05) is 55.5 Å². The van der Waals surface area contributed by atoms with Gasteiger partial charge in [0, 0.05) is 24.0 Å². The highest BCUT2D eigenvalue weighted by Gasteiger charge is 2.34. The molecule has 1 saturated carbocycles. The molecule has 0 aliphatic heterocycles. The fourth-order valence-electron chi connectivity index (χ4n) is 5.44. The van der Waals surface area contributed by atoms with Crippen molar-refractivity contribution in [3.05, 3.63) is 101 Å². The zero-order valence-electron chi connectivity index (χ0n) is 24.3. The van der Waals surface area contributed by atoms with Crippen molar-refractivity contribution < 1.29 is 18.0 Å². The third kappa shape index (κ3) is 8.82. The van der Waals surface area contributed by atoms with Crippen LogP contribution in [-0.2, 0) is 39.0 Å². The maximum Gasteiger partial charge on any atom is 0.244 e. The molecular weight excluding hydrogens is 570 g/mol. The molecule has 1 aliphatic rings. The minimum Gasteiger partial charge on any atom is -0.352 e. The molecule has 1 atom stereocenters. The number of amides is 2. The van der Waals surface area contributed by atoms with Crippen LogP contribution in [-0.4, -0.2) is 50.0 Å². The third-order valence-electron chi connectivity index (χ3n) is 7.78. The Kier molecular flexibility index (Phi) is 11.0. The van der Waals surface area contributed by atoms with Crippen LogP contribution in [0.1, 0.15) is 55.7 Å². The maximum absolute atomic E-state index is 14.2. The zero-order valence-corrected chi connectivity index (χ0v) is 25.9. The Bertz CT molecular complexity index is 1440. The molecule has 0 radical (unpaired) electrons. The lowest BCUT2D eigenvalue weighted by atomic mass is 9.94. The van der Waals surface area contributed by atoms with E-state index >= 15 is 0 Å². The molecule has 0 aromatic heterocycles. The standard InChI is InChI=1S/C33H40ClN3O4S/c1-3-25-17-19-30(20-18-25)37(42(2,40)41)24-32(38)36(23-27-13-10-14-28(34)21-27)31(22-26-11-6-4-7-12-26)33(39)35-29-15-8-5-9-16-29/h4,6-7,10-14,17-21,29,31H,3,5,8-9,15-16,22-24H2,1-2H3,(H,35,39). The van der Waals surface area contributed by atoms with Gasteiger partial charge in [0.05, 0.1) is 11.9 Å². The smallest absolute Gasteiger partial charge is 0.244 e. The van der Waals surface area contributed by atoms with E-state index in [1.165, 1.54) is 4.90 Å². The summed E-state index contributed by atoms with van der Waals surface area (Å²) in [5.41, 5.74) is 3.11. The molecule has 9 heteroatoms. The highest BCUT2D eigenvalue weighted by atomic mass is 35.5. The van der Waals surface area contributed by atoms with Crippen LogP contribution in [0.2, 0.25) is 5.02 Å². The van der Waals surface area contributed by atoms with Gasteiger partial charge in [-0.25, -0.2) is 8.42 Å². The minimum absolute atomic E-state index is 0.0530. The van der Waals surface area contributed by atoms with Gasteiger partial charge >= 0.3 is 0 Å². The first-order valence-corrected chi connectivity index (χ1v) is 16.8. The molecule has 2 amide bonds. The van der Waals surface area contributed by atoms with Gasteiger partial charge in [0.1, 0.15) is 12.6 Å².